The van der Waals surface area contributed by atoms with E-state index in [1.165, 1.54) is 13.8 Å². The molecule has 9 nitrogen and oxygen atoms in total. The summed E-state index contributed by atoms with van der Waals surface area (Å²) in [7, 11) is 1.64. The Morgan fingerprint density at radius 3 is 2.87 bits per heavy atom. The van der Waals surface area contributed by atoms with Gasteiger partial charge in [-0.05, 0) is 12.8 Å². The van der Waals surface area contributed by atoms with Crippen LogP contribution in [0.2, 0.25) is 0 Å². The number of Topliss-reactive ketones (excluding diaryl/α,β-unsaturated/α-hetero) is 1. The fourth-order valence-corrected chi connectivity index (χ4v) is 2.48. The van der Waals surface area contributed by atoms with Gasteiger partial charge in [-0.3, -0.25) is 4.79 Å². The monoisotopic (exact) mass is 431 g/mol. The van der Waals surface area contributed by atoms with E-state index in [9.17, 15) is 4.79 Å². The van der Waals surface area contributed by atoms with E-state index in [1.807, 2.05) is 22.9 Å². The molecule has 2 rings (SSSR count). The first kappa shape index (κ1) is 17.5. The van der Waals surface area contributed by atoms with Crippen molar-refractivity contribution in [2.24, 2.45) is 17.3 Å². The van der Waals surface area contributed by atoms with E-state index in [1.54, 1.807) is 7.05 Å². The predicted molar refractivity (Wildman–Crippen MR) is 93.5 cm³/mol. The summed E-state index contributed by atoms with van der Waals surface area (Å²) < 4.78 is 2.95. The number of nitrogens with two attached hydrogens (primary N) is 1. The van der Waals surface area contributed by atoms with Crippen LogP contribution in [0.5, 0.6) is 0 Å². The van der Waals surface area contributed by atoms with Gasteiger partial charge in [0.1, 0.15) is 6.61 Å². The molecule has 0 bridgehead atoms. The first-order chi connectivity index (χ1) is 11.0. The molecule has 2 aromatic heterocycles. The van der Waals surface area contributed by atoms with Gasteiger partial charge in [-0.1, -0.05) is 13.3 Å². The average molecular weight is 431 g/mol. The Labute approximate surface area is 147 Å². The molecule has 0 fully saturated rings. The lowest BCUT2D eigenvalue weighted by atomic mass is 10.2. The zero-order chi connectivity index (χ0) is 17.0. The molecule has 23 heavy (non-hydrogen) atoms. The van der Waals surface area contributed by atoms with Crippen molar-refractivity contribution in [3.63, 3.8) is 0 Å². The van der Waals surface area contributed by atoms with Gasteiger partial charge in [-0.25, -0.2) is 4.68 Å². The smallest absolute Gasteiger partial charge is 0.193 e. The molecule has 0 amide bonds. The highest BCUT2D eigenvalue weighted by Crippen LogP contribution is 2.31. The van der Waals surface area contributed by atoms with E-state index >= 15 is 0 Å². The molecule has 0 aliphatic heterocycles. The number of hydrogen-bond donors (Lipinski definition) is 2. The average Bonchev–Trinajstić information content (AvgIpc) is 3.03. The molecule has 0 aromatic carbocycles. The summed E-state index contributed by atoms with van der Waals surface area (Å²) in [6.07, 6.45) is 4.10. The highest BCUT2D eigenvalue weighted by molar-refractivity contribution is 14.1. The Bertz CT molecular complexity index is 735. The number of nitrogen functional groups attached to an aromatic ring is 1. The number of hydrogen-bond acceptors (Lipinski definition) is 7. The van der Waals surface area contributed by atoms with E-state index in [0.717, 1.165) is 25.0 Å². The molecule has 0 atom stereocenters. The van der Waals surface area contributed by atoms with Gasteiger partial charge in [0.15, 0.2) is 23.1 Å². The second kappa shape index (κ2) is 7.64. The Morgan fingerprint density at radius 2 is 2.22 bits per heavy atom. The van der Waals surface area contributed by atoms with Crippen LogP contribution in [0.4, 0.5) is 17.3 Å². The van der Waals surface area contributed by atoms with Gasteiger partial charge in [0.2, 0.25) is 0 Å². The van der Waals surface area contributed by atoms with Crippen LogP contribution in [0, 0.1) is 0 Å². The summed E-state index contributed by atoms with van der Waals surface area (Å²) in [6.45, 7) is 1.48. The number of azo groups is 1. The molecule has 3 N–H and O–H groups in total. The molecule has 10 heteroatoms. The number of carbonyl (C=O) groups is 1. The van der Waals surface area contributed by atoms with Crippen LogP contribution in [0.3, 0.4) is 0 Å². The maximum atomic E-state index is 11.7. The number of aryl methyl sites for hydroxylation is 2. The van der Waals surface area contributed by atoms with Crippen LogP contribution < -0.4 is 5.73 Å². The molecule has 0 saturated carbocycles. The van der Waals surface area contributed by atoms with Crippen molar-refractivity contribution in [1.29, 1.82) is 0 Å². The highest BCUT2D eigenvalue weighted by atomic mass is 127. The second-order valence-electron chi connectivity index (χ2n) is 4.93. The van der Waals surface area contributed by atoms with E-state index in [4.69, 9.17) is 10.8 Å². The summed E-state index contributed by atoms with van der Waals surface area (Å²) >= 11 is 1.98. The van der Waals surface area contributed by atoms with Gasteiger partial charge in [0.05, 0.1) is 40.3 Å². The quantitative estimate of drug-likeness (QED) is 0.396. The number of ketones is 1. The van der Waals surface area contributed by atoms with Crippen molar-refractivity contribution >= 4 is 46.0 Å². The largest absolute Gasteiger partial charge is 0.388 e. The van der Waals surface area contributed by atoms with Crippen LogP contribution in [0.25, 0.3) is 0 Å². The lowest BCUT2D eigenvalue weighted by molar-refractivity contribution is 0.0904. The van der Waals surface area contributed by atoms with Crippen LogP contribution >= 0.6 is 22.9 Å². The van der Waals surface area contributed by atoms with Gasteiger partial charge in [-0.2, -0.15) is 13.1 Å². The third kappa shape index (κ3) is 3.75. The van der Waals surface area contributed by atoms with Gasteiger partial charge in [0.25, 0.3) is 0 Å². The molecule has 124 valence electrons. The Hall–Kier alpha value is -1.82. The van der Waals surface area contributed by atoms with E-state index in [0.29, 0.717) is 11.5 Å². The maximum Gasteiger partial charge on any atom is 0.193 e. The van der Waals surface area contributed by atoms with Crippen LogP contribution in [0.15, 0.2) is 16.4 Å². The summed E-state index contributed by atoms with van der Waals surface area (Å²) in [4.78, 5) is 11.7. The lowest BCUT2D eigenvalue weighted by Gasteiger charge is -1.99. The van der Waals surface area contributed by atoms with Gasteiger partial charge in [0, 0.05) is 7.05 Å². The Balaban J connectivity index is 2.38. The summed E-state index contributed by atoms with van der Waals surface area (Å²) in [5.41, 5.74) is 7.46. The number of rotatable bonds is 7. The number of anilines is 1. The summed E-state index contributed by atoms with van der Waals surface area (Å²) in [5.74, 6) is 0.208. The van der Waals surface area contributed by atoms with E-state index in [-0.39, 0.29) is 11.4 Å². The van der Waals surface area contributed by atoms with Crippen molar-refractivity contribution in [3.05, 3.63) is 17.5 Å². The van der Waals surface area contributed by atoms with Crippen LogP contribution in [0.1, 0.15) is 35.8 Å². The lowest BCUT2D eigenvalue weighted by Crippen LogP contribution is -2.03. The summed E-state index contributed by atoms with van der Waals surface area (Å²) in [5, 5.41) is 25.6. The highest BCUT2D eigenvalue weighted by Gasteiger charge is 2.17. The standard InChI is InChI=1S/C13H18IN7O2/c1-3-4-5-9-11(12(15)21(14)19-9)17-18-13-8(10(23)7-22)6-16-20(13)2/h6,22H,3-5,7,15H2,1-2H3. The van der Waals surface area contributed by atoms with E-state index in [2.05, 4.69) is 27.3 Å². The molecule has 0 aliphatic carbocycles. The fraction of sp³-hybridized carbons (Fsp3) is 0.462. The zero-order valence-corrected chi connectivity index (χ0v) is 15.1. The molecular weight excluding hydrogens is 413 g/mol. The first-order valence-electron chi connectivity index (χ1n) is 7.10. The predicted octanol–water partition coefficient (Wildman–Crippen LogP) is 2.33. The number of unbranched alkanes of at least 4 members (excludes halogenated alkanes) is 1. The zero-order valence-electron chi connectivity index (χ0n) is 12.9. The molecule has 0 aliphatic rings. The normalized spacial score (nSPS) is 11.5. The van der Waals surface area contributed by atoms with Crippen molar-refractivity contribution in [3.8, 4) is 0 Å². The van der Waals surface area contributed by atoms with Crippen LogP contribution in [-0.2, 0) is 13.5 Å². The Morgan fingerprint density at radius 1 is 1.48 bits per heavy atom. The number of nitrogens with zero attached hydrogens (tertiary/aromatic N) is 6. The molecule has 2 aromatic rings. The maximum absolute atomic E-state index is 11.7. The molecule has 0 spiro atoms. The van der Waals surface area contributed by atoms with Gasteiger partial charge < -0.3 is 10.8 Å². The van der Waals surface area contributed by atoms with Gasteiger partial charge >= 0.3 is 0 Å². The third-order valence-corrected chi connectivity index (χ3v) is 4.02. The minimum Gasteiger partial charge on any atom is -0.388 e. The third-order valence-electron chi connectivity index (χ3n) is 3.29. The second-order valence-corrected chi connectivity index (χ2v) is 5.84. The molecule has 0 unspecified atom stereocenters. The Kier molecular flexibility index (Phi) is 5.82. The molecule has 0 saturated heterocycles. The SMILES string of the molecule is CCCCc1nn(I)c(N)c1N=Nc1c(C(=O)CO)cnn1C. The number of halogens is 1. The van der Waals surface area contributed by atoms with Crippen molar-refractivity contribution in [2.45, 2.75) is 26.2 Å². The number of aromatic nitrogens is 4. The van der Waals surface area contributed by atoms with Crippen LogP contribution in [-0.4, -0.2) is 35.3 Å². The molecule has 2 heterocycles. The number of aliphatic hydroxyl groups is 1. The number of carbonyl (C=O) groups excluding carboxylic acids is 1. The topological polar surface area (TPSA) is 124 Å². The summed E-state index contributed by atoms with van der Waals surface area (Å²) in [6, 6.07) is 0. The number of aliphatic hydroxyl groups excluding tert-OH is 1. The van der Waals surface area contributed by atoms with E-state index < -0.39 is 12.4 Å². The molecule has 0 radical (unpaired) electrons. The first-order valence-corrected chi connectivity index (χ1v) is 8.07. The minimum absolute atomic E-state index is 0.217. The van der Waals surface area contributed by atoms with Crippen molar-refractivity contribution < 1.29 is 9.90 Å². The van der Waals surface area contributed by atoms with Crippen molar-refractivity contribution in [2.75, 3.05) is 12.3 Å². The minimum atomic E-state index is -0.607. The fourth-order valence-electron chi connectivity index (χ4n) is 1.99. The molecular formula is C13H18IN7O2. The van der Waals surface area contributed by atoms with Gasteiger partial charge in [-0.15, -0.1) is 10.2 Å². The van der Waals surface area contributed by atoms with Crippen molar-refractivity contribution in [1.82, 2.24) is 17.8 Å².